The van der Waals surface area contributed by atoms with Gasteiger partial charge in [-0.05, 0) is 77.2 Å². The molecule has 30 heavy (non-hydrogen) atoms. The van der Waals surface area contributed by atoms with Gasteiger partial charge >= 0.3 is 0 Å². The van der Waals surface area contributed by atoms with Crippen LogP contribution in [0.1, 0.15) is 64.7 Å². The summed E-state index contributed by atoms with van der Waals surface area (Å²) in [5.74, 6) is -0.697. The highest BCUT2D eigenvalue weighted by Crippen LogP contribution is 2.29. The summed E-state index contributed by atoms with van der Waals surface area (Å²) < 4.78 is 46.9. The third-order valence-electron chi connectivity index (χ3n) is 6.08. The number of hydrogen-bond acceptors (Lipinski definition) is 4. The fraction of sp³-hybridized carbons (Fsp3) is 0.739. The number of rotatable bonds is 13. The first-order valence-electron chi connectivity index (χ1n) is 11.4. The lowest BCUT2D eigenvalue weighted by atomic mass is 9.93. The van der Waals surface area contributed by atoms with Crippen molar-refractivity contribution in [3.8, 4) is 0 Å². The SMILES string of the molecule is CCCCCN(C)CCCCO[C@H]1CC[C@H](N(C)S(=O)(=O)c2ccccc2F)CC1. The Hall–Kier alpha value is -1.02. The predicted molar refractivity (Wildman–Crippen MR) is 120 cm³/mol. The summed E-state index contributed by atoms with van der Waals surface area (Å²) in [6.45, 7) is 5.27. The van der Waals surface area contributed by atoms with Crippen molar-refractivity contribution in [2.24, 2.45) is 0 Å². The first kappa shape index (κ1) is 25.2. The molecule has 172 valence electrons. The predicted octanol–water partition coefficient (Wildman–Crippen LogP) is 4.68. The molecule has 0 radical (unpaired) electrons. The van der Waals surface area contributed by atoms with Crippen LogP contribution in [-0.2, 0) is 14.8 Å². The zero-order valence-corrected chi connectivity index (χ0v) is 19.7. The van der Waals surface area contributed by atoms with E-state index >= 15 is 0 Å². The zero-order chi connectivity index (χ0) is 22.0. The van der Waals surface area contributed by atoms with Gasteiger partial charge in [0.15, 0.2) is 0 Å². The molecule has 2 rings (SSSR count). The Morgan fingerprint density at radius 1 is 1.00 bits per heavy atom. The highest BCUT2D eigenvalue weighted by Gasteiger charge is 2.33. The maximum Gasteiger partial charge on any atom is 0.245 e. The van der Waals surface area contributed by atoms with Crippen LogP contribution in [0, 0.1) is 5.82 Å². The Balaban J connectivity index is 1.67. The van der Waals surface area contributed by atoms with Crippen LogP contribution in [0.4, 0.5) is 4.39 Å². The lowest BCUT2D eigenvalue weighted by Gasteiger charge is -2.34. The Kier molecular flexibility index (Phi) is 10.7. The highest BCUT2D eigenvalue weighted by atomic mass is 32.2. The summed E-state index contributed by atoms with van der Waals surface area (Å²) in [5.41, 5.74) is 0. The van der Waals surface area contributed by atoms with E-state index in [1.807, 2.05) is 0 Å². The monoisotopic (exact) mass is 442 g/mol. The van der Waals surface area contributed by atoms with Gasteiger partial charge in [-0.3, -0.25) is 0 Å². The lowest BCUT2D eigenvalue weighted by molar-refractivity contribution is 0.0152. The molecule has 7 heteroatoms. The zero-order valence-electron chi connectivity index (χ0n) is 18.9. The molecular weight excluding hydrogens is 403 g/mol. The second kappa shape index (κ2) is 12.7. The second-order valence-electron chi connectivity index (χ2n) is 8.47. The van der Waals surface area contributed by atoms with Gasteiger partial charge in [-0.1, -0.05) is 31.9 Å². The molecule has 0 saturated heterocycles. The molecule has 0 spiro atoms. The smallest absolute Gasteiger partial charge is 0.245 e. The topological polar surface area (TPSA) is 49.9 Å². The van der Waals surface area contributed by atoms with E-state index in [1.165, 1.54) is 48.3 Å². The van der Waals surface area contributed by atoms with Crippen LogP contribution in [0.25, 0.3) is 0 Å². The summed E-state index contributed by atoms with van der Waals surface area (Å²) in [6.07, 6.45) is 9.41. The molecule has 0 aliphatic heterocycles. The van der Waals surface area contributed by atoms with Gasteiger partial charge in [-0.25, -0.2) is 12.8 Å². The molecule has 1 aliphatic carbocycles. The van der Waals surface area contributed by atoms with Crippen molar-refractivity contribution in [2.45, 2.75) is 81.8 Å². The summed E-state index contributed by atoms with van der Waals surface area (Å²) >= 11 is 0. The number of hydrogen-bond donors (Lipinski definition) is 0. The molecule has 0 bridgehead atoms. The fourth-order valence-corrected chi connectivity index (χ4v) is 5.54. The van der Waals surface area contributed by atoms with Gasteiger partial charge in [0.1, 0.15) is 10.7 Å². The molecule has 1 aliphatic rings. The van der Waals surface area contributed by atoms with Crippen LogP contribution in [0.5, 0.6) is 0 Å². The van der Waals surface area contributed by atoms with E-state index in [9.17, 15) is 12.8 Å². The van der Waals surface area contributed by atoms with E-state index in [4.69, 9.17) is 4.74 Å². The standard InChI is InChI=1S/C23H39FN2O3S/c1-4-5-8-17-25(2)18-9-10-19-29-21-15-13-20(14-16-21)26(3)30(27,28)23-12-7-6-11-22(23)24/h6-7,11-12,20-21H,4-5,8-10,13-19H2,1-3H3/t20-,21-. The Morgan fingerprint density at radius 2 is 1.63 bits per heavy atom. The van der Waals surface area contributed by atoms with E-state index in [1.54, 1.807) is 13.1 Å². The van der Waals surface area contributed by atoms with Crippen LogP contribution < -0.4 is 0 Å². The molecule has 0 amide bonds. The van der Waals surface area contributed by atoms with Gasteiger partial charge in [0, 0.05) is 19.7 Å². The van der Waals surface area contributed by atoms with E-state index in [0.29, 0.717) is 0 Å². The van der Waals surface area contributed by atoms with Gasteiger partial charge in [0.05, 0.1) is 6.10 Å². The van der Waals surface area contributed by atoms with E-state index < -0.39 is 15.8 Å². The molecule has 0 aromatic heterocycles. The normalized spacial score (nSPS) is 20.2. The van der Waals surface area contributed by atoms with Crippen molar-refractivity contribution in [1.29, 1.82) is 0 Å². The molecule has 1 saturated carbocycles. The third kappa shape index (κ3) is 7.59. The molecule has 1 aromatic carbocycles. The van der Waals surface area contributed by atoms with Crippen molar-refractivity contribution < 1.29 is 17.5 Å². The van der Waals surface area contributed by atoms with Gasteiger partial charge in [0.2, 0.25) is 10.0 Å². The summed E-state index contributed by atoms with van der Waals surface area (Å²) in [6, 6.07) is 5.47. The van der Waals surface area contributed by atoms with Crippen molar-refractivity contribution in [2.75, 3.05) is 33.8 Å². The number of unbranched alkanes of at least 4 members (excludes halogenated alkanes) is 3. The van der Waals surface area contributed by atoms with Crippen LogP contribution in [0.3, 0.4) is 0 Å². The van der Waals surface area contributed by atoms with Crippen LogP contribution in [0.15, 0.2) is 29.2 Å². The largest absolute Gasteiger partial charge is 0.378 e. The molecule has 0 unspecified atom stereocenters. The van der Waals surface area contributed by atoms with Gasteiger partial charge in [-0.15, -0.1) is 0 Å². The van der Waals surface area contributed by atoms with Crippen LogP contribution in [0.2, 0.25) is 0 Å². The fourth-order valence-electron chi connectivity index (χ4n) is 4.06. The quantitative estimate of drug-likeness (QED) is 0.416. The number of ether oxygens (including phenoxy) is 1. The number of nitrogens with zero attached hydrogens (tertiary/aromatic N) is 2. The van der Waals surface area contributed by atoms with E-state index in [2.05, 4.69) is 18.9 Å². The average Bonchev–Trinajstić information content (AvgIpc) is 2.74. The molecule has 1 aromatic rings. The average molecular weight is 443 g/mol. The highest BCUT2D eigenvalue weighted by molar-refractivity contribution is 7.89. The molecule has 5 nitrogen and oxygen atoms in total. The molecule has 1 fully saturated rings. The first-order chi connectivity index (χ1) is 14.4. The summed E-state index contributed by atoms with van der Waals surface area (Å²) in [7, 11) is -0.0707. The van der Waals surface area contributed by atoms with Gasteiger partial charge in [0.25, 0.3) is 0 Å². The molecule has 0 atom stereocenters. The van der Waals surface area contributed by atoms with Crippen molar-refractivity contribution in [1.82, 2.24) is 9.21 Å². The minimum atomic E-state index is -3.81. The lowest BCUT2D eigenvalue weighted by Crippen LogP contribution is -2.41. The number of sulfonamides is 1. The Labute approximate surface area is 182 Å². The second-order valence-corrected chi connectivity index (χ2v) is 10.4. The van der Waals surface area contributed by atoms with Crippen molar-refractivity contribution in [3.05, 3.63) is 30.1 Å². The minimum absolute atomic E-state index is 0.105. The minimum Gasteiger partial charge on any atom is -0.378 e. The Bertz CT molecular complexity index is 721. The van der Waals surface area contributed by atoms with Crippen LogP contribution in [-0.4, -0.2) is 63.6 Å². The maximum atomic E-state index is 14.0. The molecular formula is C23H39FN2O3S. The van der Waals surface area contributed by atoms with Crippen molar-refractivity contribution in [3.63, 3.8) is 0 Å². The van der Waals surface area contributed by atoms with Gasteiger partial charge < -0.3 is 9.64 Å². The Morgan fingerprint density at radius 3 is 2.27 bits per heavy atom. The molecule has 0 heterocycles. The first-order valence-corrected chi connectivity index (χ1v) is 12.8. The summed E-state index contributed by atoms with van der Waals surface area (Å²) in [4.78, 5) is 2.15. The summed E-state index contributed by atoms with van der Waals surface area (Å²) in [5, 5.41) is 0. The van der Waals surface area contributed by atoms with Gasteiger partial charge in [-0.2, -0.15) is 4.31 Å². The number of benzene rings is 1. The van der Waals surface area contributed by atoms with E-state index in [-0.39, 0.29) is 17.0 Å². The maximum absolute atomic E-state index is 14.0. The van der Waals surface area contributed by atoms with E-state index in [0.717, 1.165) is 51.7 Å². The third-order valence-corrected chi connectivity index (χ3v) is 8.03. The number of halogens is 1. The van der Waals surface area contributed by atoms with Crippen LogP contribution >= 0.6 is 0 Å². The van der Waals surface area contributed by atoms with Crippen molar-refractivity contribution >= 4 is 10.0 Å². The molecule has 0 N–H and O–H groups in total.